The normalized spacial score (nSPS) is 16.1. The molecule has 0 radical (unpaired) electrons. The van der Waals surface area contributed by atoms with Crippen LogP contribution in [0.3, 0.4) is 0 Å². The zero-order chi connectivity index (χ0) is 23.3. The van der Waals surface area contributed by atoms with Crippen LogP contribution >= 0.6 is 0 Å². The fraction of sp³-hybridized carbons (Fsp3) is 0.500. The minimum atomic E-state index is -3.71. The van der Waals surface area contributed by atoms with E-state index in [2.05, 4.69) is 12.1 Å². The summed E-state index contributed by atoms with van der Waals surface area (Å²) in [5, 5.41) is 0. The van der Waals surface area contributed by atoms with Crippen molar-refractivity contribution in [2.24, 2.45) is 0 Å². The largest absolute Gasteiger partial charge is 0.338 e. The number of hydrogen-bond donors (Lipinski definition) is 0. The molecule has 0 bridgehead atoms. The number of aromatic nitrogens is 1. The van der Waals surface area contributed by atoms with Gasteiger partial charge in [-0.3, -0.25) is 9.59 Å². The Hall–Kier alpha value is -2.45. The van der Waals surface area contributed by atoms with E-state index >= 15 is 0 Å². The number of fused-ring (bicyclic) bond motifs is 1. The van der Waals surface area contributed by atoms with Crippen molar-refractivity contribution in [1.82, 2.24) is 13.8 Å². The first-order chi connectivity index (χ1) is 15.3. The summed E-state index contributed by atoms with van der Waals surface area (Å²) in [4.78, 5) is 27.6. The minimum absolute atomic E-state index is 0.0298. The Morgan fingerprint density at radius 2 is 1.75 bits per heavy atom. The van der Waals surface area contributed by atoms with E-state index in [0.29, 0.717) is 19.6 Å². The number of nitrogens with zero attached hydrogens (tertiary/aromatic N) is 3. The van der Waals surface area contributed by atoms with Gasteiger partial charge in [-0.25, -0.2) is 8.42 Å². The van der Waals surface area contributed by atoms with Crippen LogP contribution in [0.4, 0.5) is 0 Å². The summed E-state index contributed by atoms with van der Waals surface area (Å²) >= 11 is 0. The SMILES string of the molecule is CCCN(C(=O)Cn1cc(S(=O)(=O)N(CC)CC)ccc1=O)C1CCc2ccccc2C1. The molecule has 1 aliphatic rings. The molecule has 174 valence electrons. The summed E-state index contributed by atoms with van der Waals surface area (Å²) in [6.45, 7) is 6.68. The highest BCUT2D eigenvalue weighted by Crippen LogP contribution is 2.25. The van der Waals surface area contributed by atoms with Crippen LogP contribution in [-0.2, 0) is 34.2 Å². The summed E-state index contributed by atoms with van der Waals surface area (Å²) in [5.74, 6) is -0.157. The van der Waals surface area contributed by atoms with E-state index in [0.717, 1.165) is 25.7 Å². The average molecular weight is 460 g/mol. The van der Waals surface area contributed by atoms with Gasteiger partial charge < -0.3 is 9.47 Å². The van der Waals surface area contributed by atoms with E-state index in [-0.39, 0.29) is 28.9 Å². The molecule has 1 heterocycles. The first kappa shape index (κ1) is 24.2. The average Bonchev–Trinajstić information content (AvgIpc) is 2.79. The monoisotopic (exact) mass is 459 g/mol. The van der Waals surface area contributed by atoms with Crippen molar-refractivity contribution in [2.45, 2.75) is 63.9 Å². The predicted octanol–water partition coefficient (Wildman–Crippen LogP) is 2.67. The third kappa shape index (κ3) is 5.13. The zero-order valence-electron chi connectivity index (χ0n) is 19.2. The van der Waals surface area contributed by atoms with Crippen LogP contribution in [-0.4, -0.2) is 53.8 Å². The van der Waals surface area contributed by atoms with Crippen LogP contribution in [0, 0.1) is 0 Å². The molecule has 0 aliphatic heterocycles. The Bertz CT molecular complexity index is 1110. The fourth-order valence-electron chi connectivity index (χ4n) is 4.43. The van der Waals surface area contributed by atoms with Crippen LogP contribution in [0.25, 0.3) is 0 Å². The Balaban J connectivity index is 1.84. The molecular weight excluding hydrogens is 426 g/mol. The van der Waals surface area contributed by atoms with Crippen molar-refractivity contribution in [3.05, 3.63) is 64.1 Å². The minimum Gasteiger partial charge on any atom is -0.338 e. The van der Waals surface area contributed by atoms with Crippen LogP contribution in [0.2, 0.25) is 0 Å². The van der Waals surface area contributed by atoms with Gasteiger partial charge in [0.25, 0.3) is 5.56 Å². The van der Waals surface area contributed by atoms with Gasteiger partial charge in [0.1, 0.15) is 6.54 Å². The van der Waals surface area contributed by atoms with Gasteiger partial charge in [-0.2, -0.15) is 4.31 Å². The molecule has 1 atom stereocenters. The molecule has 32 heavy (non-hydrogen) atoms. The second-order valence-corrected chi connectivity index (χ2v) is 10.1. The molecule has 3 rings (SSSR count). The number of pyridine rings is 1. The lowest BCUT2D eigenvalue weighted by Gasteiger charge is -2.35. The molecule has 2 aromatic rings. The van der Waals surface area contributed by atoms with Gasteiger partial charge in [-0.1, -0.05) is 45.0 Å². The van der Waals surface area contributed by atoms with Crippen LogP contribution in [0.1, 0.15) is 44.7 Å². The van der Waals surface area contributed by atoms with Crippen molar-refractivity contribution in [1.29, 1.82) is 0 Å². The van der Waals surface area contributed by atoms with E-state index in [1.807, 2.05) is 24.0 Å². The quantitative estimate of drug-likeness (QED) is 0.578. The van der Waals surface area contributed by atoms with Crippen molar-refractivity contribution >= 4 is 15.9 Å². The summed E-state index contributed by atoms with van der Waals surface area (Å²) in [5.41, 5.74) is 2.21. The second kappa shape index (κ2) is 10.4. The smallest absolute Gasteiger partial charge is 0.251 e. The van der Waals surface area contributed by atoms with Crippen LogP contribution in [0.5, 0.6) is 0 Å². The fourth-order valence-corrected chi connectivity index (χ4v) is 5.91. The number of rotatable bonds is 9. The summed E-state index contributed by atoms with van der Waals surface area (Å²) in [7, 11) is -3.71. The first-order valence-electron chi connectivity index (χ1n) is 11.4. The molecule has 8 heteroatoms. The molecule has 1 aromatic carbocycles. The van der Waals surface area contributed by atoms with Crippen LogP contribution < -0.4 is 5.56 Å². The highest BCUT2D eigenvalue weighted by molar-refractivity contribution is 7.89. The number of aryl methyl sites for hydroxylation is 1. The number of benzene rings is 1. The van der Waals surface area contributed by atoms with E-state index in [1.54, 1.807) is 13.8 Å². The molecule has 7 nitrogen and oxygen atoms in total. The maximum atomic E-state index is 13.3. The van der Waals surface area contributed by atoms with Crippen molar-refractivity contribution < 1.29 is 13.2 Å². The Kier molecular flexibility index (Phi) is 7.90. The van der Waals surface area contributed by atoms with Gasteiger partial charge >= 0.3 is 0 Å². The summed E-state index contributed by atoms with van der Waals surface area (Å²) in [6, 6.07) is 10.9. The van der Waals surface area contributed by atoms with Crippen molar-refractivity contribution in [3.8, 4) is 0 Å². The standard InChI is InChI=1S/C24H33N3O4S/c1-4-15-27(21-12-11-19-9-7-8-10-20(19)16-21)24(29)18-25-17-22(13-14-23(25)28)32(30,31)26(5-2)6-3/h7-10,13-14,17,21H,4-6,11-12,15-16,18H2,1-3H3. The highest BCUT2D eigenvalue weighted by atomic mass is 32.2. The molecule has 0 saturated heterocycles. The highest BCUT2D eigenvalue weighted by Gasteiger charge is 2.28. The van der Waals surface area contributed by atoms with Crippen molar-refractivity contribution in [2.75, 3.05) is 19.6 Å². The molecule has 1 unspecified atom stereocenters. The van der Waals surface area contributed by atoms with Gasteiger partial charge in [-0.15, -0.1) is 0 Å². The Morgan fingerprint density at radius 1 is 1.06 bits per heavy atom. The molecule has 0 saturated carbocycles. The summed E-state index contributed by atoms with van der Waals surface area (Å²) in [6.07, 6.45) is 4.72. The maximum absolute atomic E-state index is 13.3. The summed E-state index contributed by atoms with van der Waals surface area (Å²) < 4.78 is 28.3. The van der Waals surface area contributed by atoms with E-state index in [4.69, 9.17) is 0 Å². The van der Waals surface area contributed by atoms with E-state index in [9.17, 15) is 18.0 Å². The third-order valence-corrected chi connectivity index (χ3v) is 8.19. The number of sulfonamides is 1. The molecule has 1 aromatic heterocycles. The van der Waals surface area contributed by atoms with Crippen LogP contribution in [0.15, 0.2) is 52.3 Å². The first-order valence-corrected chi connectivity index (χ1v) is 12.8. The van der Waals surface area contributed by atoms with Crippen molar-refractivity contribution in [3.63, 3.8) is 0 Å². The Morgan fingerprint density at radius 3 is 2.41 bits per heavy atom. The third-order valence-electron chi connectivity index (χ3n) is 6.15. The molecular formula is C24H33N3O4S. The lowest BCUT2D eigenvalue weighted by Crippen LogP contribution is -2.46. The second-order valence-electron chi connectivity index (χ2n) is 8.17. The predicted molar refractivity (Wildman–Crippen MR) is 125 cm³/mol. The topological polar surface area (TPSA) is 79.7 Å². The van der Waals surface area contributed by atoms with E-state index < -0.39 is 10.0 Å². The number of carbonyl (C=O) groups excluding carboxylic acids is 1. The zero-order valence-corrected chi connectivity index (χ0v) is 20.0. The van der Waals surface area contributed by atoms with E-state index in [1.165, 1.54) is 38.3 Å². The van der Waals surface area contributed by atoms with Gasteiger partial charge in [0.15, 0.2) is 0 Å². The molecule has 1 amide bonds. The molecule has 0 spiro atoms. The molecule has 1 aliphatic carbocycles. The Labute approximate surface area is 190 Å². The lowest BCUT2D eigenvalue weighted by atomic mass is 9.87. The van der Waals surface area contributed by atoms with Gasteiger partial charge in [0.2, 0.25) is 15.9 Å². The molecule has 0 N–H and O–H groups in total. The molecule has 0 fully saturated rings. The number of carbonyl (C=O) groups is 1. The van der Waals surface area contributed by atoms with Gasteiger partial charge in [0.05, 0.1) is 4.90 Å². The number of amides is 1. The lowest BCUT2D eigenvalue weighted by molar-refractivity contribution is -0.134. The van der Waals surface area contributed by atoms with Gasteiger partial charge in [-0.05, 0) is 42.9 Å². The maximum Gasteiger partial charge on any atom is 0.251 e. The number of hydrogen-bond acceptors (Lipinski definition) is 4. The van der Waals surface area contributed by atoms with Gasteiger partial charge in [0, 0.05) is 37.9 Å².